The second-order valence-electron chi connectivity index (χ2n) is 4.76. The molecule has 0 saturated carbocycles. The molecule has 1 heterocycles. The first kappa shape index (κ1) is 12.3. The Morgan fingerprint density at radius 2 is 1.85 bits per heavy atom. The van der Waals surface area contributed by atoms with Crippen molar-refractivity contribution in [3.8, 4) is 0 Å². The molecule has 0 bridgehead atoms. The van der Waals surface area contributed by atoms with Crippen molar-refractivity contribution >= 4 is 28.0 Å². The highest BCUT2D eigenvalue weighted by atomic mass is 16.1. The molecule has 1 aromatic heterocycles. The van der Waals surface area contributed by atoms with Crippen LogP contribution in [0, 0.1) is 6.92 Å². The number of anilines is 3. The number of aromatic amines is 1. The summed E-state index contributed by atoms with van der Waals surface area (Å²) in [4.78, 5) is 14.2. The van der Waals surface area contributed by atoms with Crippen LogP contribution in [0.4, 0.5) is 17.2 Å². The summed E-state index contributed by atoms with van der Waals surface area (Å²) in [7, 11) is 0. The minimum absolute atomic E-state index is 0.181. The number of rotatable bonds is 2. The van der Waals surface area contributed by atoms with Gasteiger partial charge in [-0.3, -0.25) is 4.79 Å². The van der Waals surface area contributed by atoms with Crippen LogP contribution < -0.4 is 16.6 Å². The number of fused-ring (bicyclic) bond motifs is 1. The average molecular weight is 265 g/mol. The number of nitrogen functional groups attached to an aromatic ring is 1. The number of aryl methyl sites for hydroxylation is 1. The van der Waals surface area contributed by atoms with Crippen LogP contribution >= 0.6 is 0 Å². The first-order valence-electron chi connectivity index (χ1n) is 6.39. The lowest BCUT2D eigenvalue weighted by Crippen LogP contribution is -2.09. The van der Waals surface area contributed by atoms with Crippen molar-refractivity contribution in [3.63, 3.8) is 0 Å². The van der Waals surface area contributed by atoms with Crippen LogP contribution in [-0.4, -0.2) is 4.98 Å². The van der Waals surface area contributed by atoms with Gasteiger partial charge in [-0.15, -0.1) is 0 Å². The topological polar surface area (TPSA) is 70.9 Å². The number of hydrogen-bond acceptors (Lipinski definition) is 3. The van der Waals surface area contributed by atoms with E-state index in [1.54, 1.807) is 6.07 Å². The molecule has 3 rings (SSSR count). The molecule has 2 aromatic carbocycles. The first-order chi connectivity index (χ1) is 9.65. The molecule has 0 spiro atoms. The molecule has 0 atom stereocenters. The summed E-state index contributed by atoms with van der Waals surface area (Å²) in [5.74, 6) is 0.525. The summed E-state index contributed by atoms with van der Waals surface area (Å²) in [6.07, 6.45) is 0. The molecule has 4 heteroatoms. The summed E-state index contributed by atoms with van der Waals surface area (Å²) in [5, 5.41) is 5.47. The Kier molecular flexibility index (Phi) is 2.91. The van der Waals surface area contributed by atoms with Crippen molar-refractivity contribution in [2.45, 2.75) is 6.92 Å². The number of nitrogens with one attached hydrogen (secondary N) is 2. The van der Waals surface area contributed by atoms with Crippen molar-refractivity contribution in [2.75, 3.05) is 11.1 Å². The molecule has 0 aliphatic heterocycles. The molecular weight excluding hydrogens is 250 g/mol. The van der Waals surface area contributed by atoms with Crippen molar-refractivity contribution in [1.82, 2.24) is 4.98 Å². The monoisotopic (exact) mass is 265 g/mol. The molecule has 0 aliphatic rings. The SMILES string of the molecule is Cc1ccc2ccccc2c1Nc1[nH]c(=O)ccc1N. The van der Waals surface area contributed by atoms with Gasteiger partial charge in [0.05, 0.1) is 11.4 Å². The van der Waals surface area contributed by atoms with E-state index in [1.165, 1.54) is 6.07 Å². The van der Waals surface area contributed by atoms with Crippen LogP contribution in [0.3, 0.4) is 0 Å². The van der Waals surface area contributed by atoms with E-state index >= 15 is 0 Å². The quantitative estimate of drug-likeness (QED) is 0.666. The minimum Gasteiger partial charge on any atom is -0.396 e. The highest BCUT2D eigenvalue weighted by Gasteiger charge is 2.07. The van der Waals surface area contributed by atoms with E-state index < -0.39 is 0 Å². The van der Waals surface area contributed by atoms with Gasteiger partial charge >= 0.3 is 0 Å². The fraction of sp³-hybridized carbons (Fsp3) is 0.0625. The number of hydrogen-bond donors (Lipinski definition) is 3. The van der Waals surface area contributed by atoms with Gasteiger partial charge in [-0.05, 0) is 23.9 Å². The van der Waals surface area contributed by atoms with E-state index in [0.29, 0.717) is 11.5 Å². The first-order valence-corrected chi connectivity index (χ1v) is 6.39. The molecule has 4 nitrogen and oxygen atoms in total. The standard InChI is InChI=1S/C16H15N3O/c1-10-6-7-11-4-2-3-5-12(11)15(10)19-16-13(17)8-9-14(20)18-16/h2-9H,17H2,1H3,(H2,18,19,20). The summed E-state index contributed by atoms with van der Waals surface area (Å²) >= 11 is 0. The van der Waals surface area contributed by atoms with Crippen molar-refractivity contribution in [3.05, 3.63) is 64.4 Å². The van der Waals surface area contributed by atoms with E-state index in [2.05, 4.69) is 22.4 Å². The molecule has 0 aliphatic carbocycles. The predicted octanol–water partition coefficient (Wildman–Crippen LogP) is 3.16. The van der Waals surface area contributed by atoms with E-state index in [4.69, 9.17) is 5.73 Å². The average Bonchev–Trinajstić information content (AvgIpc) is 2.46. The van der Waals surface area contributed by atoms with Gasteiger partial charge in [0, 0.05) is 11.5 Å². The Hall–Kier alpha value is -2.75. The van der Waals surface area contributed by atoms with Crippen molar-refractivity contribution in [1.29, 1.82) is 0 Å². The third kappa shape index (κ3) is 2.12. The largest absolute Gasteiger partial charge is 0.396 e. The zero-order chi connectivity index (χ0) is 14.1. The van der Waals surface area contributed by atoms with Crippen LogP contribution in [0.1, 0.15) is 5.56 Å². The lowest BCUT2D eigenvalue weighted by Gasteiger charge is -2.14. The maximum absolute atomic E-state index is 11.4. The predicted molar refractivity (Wildman–Crippen MR) is 83.4 cm³/mol. The van der Waals surface area contributed by atoms with E-state index in [-0.39, 0.29) is 5.56 Å². The Balaban J connectivity index is 2.17. The number of H-pyrrole nitrogens is 1. The Morgan fingerprint density at radius 1 is 1.05 bits per heavy atom. The molecule has 0 amide bonds. The molecule has 0 radical (unpaired) electrons. The summed E-state index contributed by atoms with van der Waals surface area (Å²) in [6.45, 7) is 2.02. The Bertz CT molecular complexity index is 836. The van der Waals surface area contributed by atoms with Gasteiger partial charge in [0.2, 0.25) is 5.56 Å². The van der Waals surface area contributed by atoms with Gasteiger partial charge in [-0.2, -0.15) is 0 Å². The van der Waals surface area contributed by atoms with Crippen LogP contribution in [0.2, 0.25) is 0 Å². The molecule has 4 N–H and O–H groups in total. The minimum atomic E-state index is -0.181. The van der Waals surface area contributed by atoms with E-state index in [0.717, 1.165) is 22.0 Å². The third-order valence-corrected chi connectivity index (χ3v) is 3.34. The van der Waals surface area contributed by atoms with Crippen LogP contribution in [-0.2, 0) is 0 Å². The second kappa shape index (κ2) is 4.74. The zero-order valence-electron chi connectivity index (χ0n) is 11.1. The third-order valence-electron chi connectivity index (χ3n) is 3.34. The zero-order valence-corrected chi connectivity index (χ0v) is 11.1. The molecule has 100 valence electrons. The summed E-state index contributed by atoms with van der Waals surface area (Å²) < 4.78 is 0. The molecule has 0 unspecified atom stereocenters. The fourth-order valence-corrected chi connectivity index (χ4v) is 2.26. The van der Waals surface area contributed by atoms with Gasteiger partial charge in [0.25, 0.3) is 0 Å². The molecule has 0 fully saturated rings. The van der Waals surface area contributed by atoms with Crippen LogP contribution in [0.5, 0.6) is 0 Å². The van der Waals surface area contributed by atoms with Gasteiger partial charge in [0.15, 0.2) is 0 Å². The van der Waals surface area contributed by atoms with Crippen LogP contribution in [0.15, 0.2) is 53.3 Å². The lowest BCUT2D eigenvalue weighted by molar-refractivity contribution is 1.23. The molecule has 0 saturated heterocycles. The molecule has 3 aromatic rings. The maximum atomic E-state index is 11.4. The highest BCUT2D eigenvalue weighted by molar-refractivity contribution is 5.97. The highest BCUT2D eigenvalue weighted by Crippen LogP contribution is 2.30. The summed E-state index contributed by atoms with van der Waals surface area (Å²) in [5.41, 5.74) is 8.27. The number of aromatic nitrogens is 1. The number of nitrogens with two attached hydrogens (primary N) is 1. The van der Waals surface area contributed by atoms with Gasteiger partial charge in [0.1, 0.15) is 5.82 Å². The molecular formula is C16H15N3O. The van der Waals surface area contributed by atoms with Gasteiger partial charge in [-0.25, -0.2) is 0 Å². The van der Waals surface area contributed by atoms with Gasteiger partial charge < -0.3 is 16.0 Å². The van der Waals surface area contributed by atoms with Crippen LogP contribution in [0.25, 0.3) is 10.8 Å². The van der Waals surface area contributed by atoms with Crippen molar-refractivity contribution < 1.29 is 0 Å². The lowest BCUT2D eigenvalue weighted by atomic mass is 10.0. The van der Waals surface area contributed by atoms with Gasteiger partial charge in [-0.1, -0.05) is 36.4 Å². The number of pyridine rings is 1. The van der Waals surface area contributed by atoms with Crippen molar-refractivity contribution in [2.24, 2.45) is 0 Å². The Morgan fingerprint density at radius 3 is 2.70 bits per heavy atom. The maximum Gasteiger partial charge on any atom is 0.249 e. The normalized spacial score (nSPS) is 10.7. The summed E-state index contributed by atoms with van der Waals surface area (Å²) in [6, 6.07) is 15.2. The fourth-order valence-electron chi connectivity index (χ4n) is 2.26. The van der Waals surface area contributed by atoms with E-state index in [1.807, 2.05) is 31.2 Å². The molecule has 20 heavy (non-hydrogen) atoms. The van der Waals surface area contributed by atoms with E-state index in [9.17, 15) is 4.79 Å². The second-order valence-corrected chi connectivity index (χ2v) is 4.76. The Labute approximate surface area is 116 Å². The number of benzene rings is 2. The smallest absolute Gasteiger partial charge is 0.249 e.